The molecule has 2 N–H and O–H groups in total. The fourth-order valence-corrected chi connectivity index (χ4v) is 3.52. The molecule has 0 heterocycles. The summed E-state index contributed by atoms with van der Waals surface area (Å²) in [6, 6.07) is 9.71. The molecule has 3 nitrogen and oxygen atoms in total. The van der Waals surface area contributed by atoms with Crippen molar-refractivity contribution in [1.29, 1.82) is 0 Å². The lowest BCUT2D eigenvalue weighted by molar-refractivity contribution is 0.0938. The molecule has 5 heteroatoms. The van der Waals surface area contributed by atoms with Crippen LogP contribution in [0.25, 0.3) is 0 Å². The van der Waals surface area contributed by atoms with E-state index < -0.39 is 28.9 Å². The van der Waals surface area contributed by atoms with Gasteiger partial charge in [0.15, 0.2) is 11.6 Å². The summed E-state index contributed by atoms with van der Waals surface area (Å²) in [4.78, 5) is 12.1. The maximum absolute atomic E-state index is 13.8. The van der Waals surface area contributed by atoms with Gasteiger partial charge in [-0.05, 0) is 35.6 Å². The Bertz CT molecular complexity index is 790. The minimum atomic E-state index is -1.22. The van der Waals surface area contributed by atoms with Crippen molar-refractivity contribution in [3.63, 3.8) is 0 Å². The average molecular weight is 301 g/mol. The van der Waals surface area contributed by atoms with Crippen LogP contribution in [0, 0.1) is 17.6 Å². The Hall–Kier alpha value is -2.43. The maximum Gasteiger partial charge on any atom is 0.257 e. The summed E-state index contributed by atoms with van der Waals surface area (Å²) in [5.41, 5.74) is 1.76. The van der Waals surface area contributed by atoms with E-state index in [4.69, 9.17) is 0 Å². The van der Waals surface area contributed by atoms with Crippen LogP contribution in [0.1, 0.15) is 27.4 Å². The van der Waals surface area contributed by atoms with E-state index in [1.165, 1.54) is 11.1 Å². The van der Waals surface area contributed by atoms with Crippen LogP contribution < -0.4 is 5.32 Å². The van der Waals surface area contributed by atoms with Crippen molar-refractivity contribution in [3.05, 3.63) is 64.7 Å². The first-order chi connectivity index (χ1) is 10.6. The zero-order chi connectivity index (χ0) is 15.4. The number of carbonyl (C=O) groups is 1. The first kappa shape index (κ1) is 13.2. The third-order valence-electron chi connectivity index (χ3n) is 4.63. The smallest absolute Gasteiger partial charge is 0.257 e. The Morgan fingerprint density at radius 1 is 1.18 bits per heavy atom. The summed E-state index contributed by atoms with van der Waals surface area (Å²) in [5, 5.41) is 12.0. The third-order valence-corrected chi connectivity index (χ3v) is 4.63. The van der Waals surface area contributed by atoms with Gasteiger partial charge in [0.25, 0.3) is 5.91 Å². The van der Waals surface area contributed by atoms with Crippen molar-refractivity contribution in [1.82, 2.24) is 5.32 Å². The largest absolute Gasteiger partial charge is 0.505 e. The van der Waals surface area contributed by atoms with Crippen molar-refractivity contribution in [2.75, 3.05) is 0 Å². The number of hydrogen-bond acceptors (Lipinski definition) is 2. The number of carbonyl (C=O) groups excluding carboxylic acids is 1. The highest BCUT2D eigenvalue weighted by Crippen LogP contribution is 2.56. The molecule has 2 aromatic rings. The Balaban J connectivity index is 1.56. The molecule has 0 bridgehead atoms. The molecule has 0 radical (unpaired) electrons. The second kappa shape index (κ2) is 4.53. The van der Waals surface area contributed by atoms with E-state index in [1.54, 1.807) is 0 Å². The minimum absolute atomic E-state index is 0.0939. The van der Waals surface area contributed by atoms with Crippen LogP contribution in [-0.4, -0.2) is 17.1 Å². The molecule has 2 aliphatic carbocycles. The maximum atomic E-state index is 13.8. The third kappa shape index (κ3) is 1.81. The molecule has 0 spiro atoms. The Kier molecular flexibility index (Phi) is 2.73. The normalized spacial score (nSPS) is 24.5. The van der Waals surface area contributed by atoms with E-state index in [-0.39, 0.29) is 12.0 Å². The van der Waals surface area contributed by atoms with Gasteiger partial charge in [-0.2, -0.15) is 0 Å². The number of halogens is 2. The molecular formula is C17H13F2NO2. The number of nitrogens with one attached hydrogen (secondary N) is 1. The lowest BCUT2D eigenvalue weighted by Gasteiger charge is -2.11. The Morgan fingerprint density at radius 2 is 1.95 bits per heavy atom. The van der Waals surface area contributed by atoms with Gasteiger partial charge < -0.3 is 10.4 Å². The van der Waals surface area contributed by atoms with Crippen LogP contribution in [0.2, 0.25) is 0 Å². The molecule has 4 rings (SSSR count). The Morgan fingerprint density at radius 3 is 2.77 bits per heavy atom. The van der Waals surface area contributed by atoms with Crippen molar-refractivity contribution in [3.8, 4) is 5.75 Å². The van der Waals surface area contributed by atoms with Crippen LogP contribution in [0.15, 0.2) is 36.4 Å². The van der Waals surface area contributed by atoms with Crippen LogP contribution >= 0.6 is 0 Å². The number of amides is 1. The van der Waals surface area contributed by atoms with Gasteiger partial charge in [-0.3, -0.25) is 4.79 Å². The van der Waals surface area contributed by atoms with Gasteiger partial charge in [0.05, 0.1) is 0 Å². The van der Waals surface area contributed by atoms with E-state index >= 15 is 0 Å². The zero-order valence-electron chi connectivity index (χ0n) is 11.5. The molecule has 22 heavy (non-hydrogen) atoms. The molecule has 2 aromatic carbocycles. The summed E-state index contributed by atoms with van der Waals surface area (Å²) in [7, 11) is 0. The second-order valence-electron chi connectivity index (χ2n) is 5.85. The van der Waals surface area contributed by atoms with Crippen molar-refractivity contribution < 1.29 is 18.7 Å². The standard InChI is InChI=1S/C17H13F2NO2/c18-11-5-6-12(21)15(19)14(11)17(22)20-16-10-7-8-3-1-2-4-9(8)13(10)16/h1-6,10,13,16,21H,7H2,(H,20,22)/t10-,13-,16-/m1/s1. The van der Waals surface area contributed by atoms with E-state index in [2.05, 4.69) is 11.4 Å². The highest BCUT2D eigenvalue weighted by Gasteiger charge is 2.56. The molecule has 1 amide bonds. The molecule has 0 unspecified atom stereocenters. The lowest BCUT2D eigenvalue weighted by Crippen LogP contribution is -2.30. The predicted molar refractivity (Wildman–Crippen MR) is 75.7 cm³/mol. The fraction of sp³-hybridized carbons (Fsp3) is 0.235. The van der Waals surface area contributed by atoms with Gasteiger partial charge in [-0.15, -0.1) is 0 Å². The highest BCUT2D eigenvalue weighted by molar-refractivity contribution is 5.95. The van der Waals surface area contributed by atoms with Crippen molar-refractivity contribution >= 4 is 5.91 Å². The summed E-state index contributed by atoms with van der Waals surface area (Å²) >= 11 is 0. The number of rotatable bonds is 2. The number of hydrogen-bond donors (Lipinski definition) is 2. The van der Waals surface area contributed by atoms with Gasteiger partial charge in [-0.25, -0.2) is 8.78 Å². The molecule has 0 aromatic heterocycles. The van der Waals surface area contributed by atoms with Gasteiger partial charge in [0, 0.05) is 12.0 Å². The molecular weight excluding hydrogens is 288 g/mol. The topological polar surface area (TPSA) is 49.3 Å². The van der Waals surface area contributed by atoms with E-state index in [9.17, 15) is 18.7 Å². The fourth-order valence-electron chi connectivity index (χ4n) is 3.52. The van der Waals surface area contributed by atoms with E-state index in [0.717, 1.165) is 18.6 Å². The molecule has 0 saturated heterocycles. The number of phenolic OH excluding ortho intramolecular Hbond substituents is 1. The minimum Gasteiger partial charge on any atom is -0.505 e. The summed E-state index contributed by atoms with van der Waals surface area (Å²) in [5.74, 6) is -3.22. The average Bonchev–Trinajstić information content (AvgIpc) is 3.01. The van der Waals surface area contributed by atoms with E-state index in [1.807, 2.05) is 18.2 Å². The molecule has 0 aliphatic heterocycles. The van der Waals surface area contributed by atoms with E-state index in [0.29, 0.717) is 5.92 Å². The SMILES string of the molecule is O=C(N[C@@H]1[C@@H]2Cc3ccccc3[C@H]21)c1c(F)ccc(O)c1F. The first-order valence-electron chi connectivity index (χ1n) is 7.13. The number of benzene rings is 2. The van der Waals surface area contributed by atoms with Gasteiger partial charge in [0.1, 0.15) is 11.4 Å². The molecule has 3 atom stereocenters. The lowest BCUT2D eigenvalue weighted by atomic mass is 10.0. The van der Waals surface area contributed by atoms with Gasteiger partial charge >= 0.3 is 0 Å². The summed E-state index contributed by atoms with van der Waals surface area (Å²) < 4.78 is 27.4. The first-order valence-corrected chi connectivity index (χ1v) is 7.13. The summed E-state index contributed by atoms with van der Waals surface area (Å²) in [6.45, 7) is 0. The van der Waals surface area contributed by atoms with Gasteiger partial charge in [0.2, 0.25) is 0 Å². The summed E-state index contributed by atoms with van der Waals surface area (Å²) in [6.07, 6.45) is 0.872. The molecule has 2 aliphatic rings. The monoisotopic (exact) mass is 301 g/mol. The second-order valence-corrected chi connectivity index (χ2v) is 5.85. The number of fused-ring (bicyclic) bond motifs is 3. The molecule has 112 valence electrons. The molecule has 1 fully saturated rings. The van der Waals surface area contributed by atoms with Gasteiger partial charge in [-0.1, -0.05) is 24.3 Å². The van der Waals surface area contributed by atoms with Crippen LogP contribution in [0.3, 0.4) is 0 Å². The van der Waals surface area contributed by atoms with Crippen LogP contribution in [0.4, 0.5) is 8.78 Å². The van der Waals surface area contributed by atoms with Crippen LogP contribution in [0.5, 0.6) is 5.75 Å². The van der Waals surface area contributed by atoms with Crippen molar-refractivity contribution in [2.24, 2.45) is 5.92 Å². The Labute approximate surface area is 125 Å². The quantitative estimate of drug-likeness (QED) is 0.896. The zero-order valence-corrected chi connectivity index (χ0v) is 11.5. The number of aromatic hydroxyl groups is 1. The predicted octanol–water partition coefficient (Wildman–Crippen LogP) is 2.74. The van der Waals surface area contributed by atoms with Crippen molar-refractivity contribution in [2.45, 2.75) is 18.4 Å². The van der Waals surface area contributed by atoms with Crippen LogP contribution in [-0.2, 0) is 6.42 Å². The molecule has 1 saturated carbocycles. The number of phenols is 1. The highest BCUT2D eigenvalue weighted by atomic mass is 19.1.